The van der Waals surface area contributed by atoms with Gasteiger partial charge < -0.3 is 10.6 Å². The largest absolute Gasteiger partial charge is 0.335 e. The van der Waals surface area contributed by atoms with Gasteiger partial charge in [-0.05, 0) is 50.8 Å². The average molecular weight is 266 g/mol. The van der Waals surface area contributed by atoms with Crippen LogP contribution in [0, 0.1) is 13.8 Å². The molecule has 1 aromatic carbocycles. The fraction of sp³-hybridized carbons (Fsp3) is 0.500. The Bertz CT molecular complexity index is 407. The first-order chi connectivity index (χ1) is 8.52. The van der Waals surface area contributed by atoms with Crippen LogP contribution >= 0.6 is 11.8 Å². The van der Waals surface area contributed by atoms with E-state index in [1.54, 1.807) is 11.8 Å². The number of thioether (sulfide) groups is 1. The maximum atomic E-state index is 11.8. The lowest BCUT2D eigenvalue weighted by Crippen LogP contribution is -2.36. The van der Waals surface area contributed by atoms with E-state index in [0.717, 1.165) is 23.4 Å². The lowest BCUT2D eigenvalue weighted by atomic mass is 10.1. The number of carbonyl (C=O) groups is 1. The molecule has 0 fully saturated rings. The zero-order valence-electron chi connectivity index (χ0n) is 11.5. The van der Waals surface area contributed by atoms with Gasteiger partial charge in [0.05, 0.1) is 0 Å². The molecule has 1 atom stereocenters. The van der Waals surface area contributed by atoms with Crippen molar-refractivity contribution in [2.45, 2.75) is 33.2 Å². The smallest absolute Gasteiger partial charge is 0.319 e. The standard InChI is InChI=1S/C14H22N2OS/c1-10-5-6-13(11(2)9-10)16-14(17)15-12(3)7-8-18-4/h5-6,9,12H,7-8H2,1-4H3,(H2,15,16,17)/t12-/m0/s1. The first-order valence-corrected chi connectivity index (χ1v) is 7.56. The van der Waals surface area contributed by atoms with Crippen LogP contribution in [0.1, 0.15) is 24.5 Å². The predicted molar refractivity (Wildman–Crippen MR) is 80.5 cm³/mol. The molecule has 100 valence electrons. The Hall–Kier alpha value is -1.16. The maximum absolute atomic E-state index is 11.8. The van der Waals surface area contributed by atoms with Crippen molar-refractivity contribution in [2.75, 3.05) is 17.3 Å². The van der Waals surface area contributed by atoms with E-state index in [2.05, 4.69) is 23.0 Å². The molecule has 1 aromatic rings. The minimum Gasteiger partial charge on any atom is -0.335 e. The van der Waals surface area contributed by atoms with Gasteiger partial charge in [0.1, 0.15) is 0 Å². The fourth-order valence-electron chi connectivity index (χ4n) is 1.70. The van der Waals surface area contributed by atoms with Gasteiger partial charge in [-0.15, -0.1) is 0 Å². The lowest BCUT2D eigenvalue weighted by molar-refractivity contribution is 0.249. The highest BCUT2D eigenvalue weighted by Crippen LogP contribution is 2.15. The number of aryl methyl sites for hydroxylation is 2. The second-order valence-electron chi connectivity index (χ2n) is 4.60. The number of anilines is 1. The Kier molecular flexibility index (Phi) is 6.05. The van der Waals surface area contributed by atoms with Crippen molar-refractivity contribution in [1.82, 2.24) is 5.32 Å². The van der Waals surface area contributed by atoms with Crippen molar-refractivity contribution in [3.05, 3.63) is 29.3 Å². The van der Waals surface area contributed by atoms with E-state index in [1.165, 1.54) is 5.56 Å². The molecule has 3 nitrogen and oxygen atoms in total. The van der Waals surface area contributed by atoms with E-state index < -0.39 is 0 Å². The van der Waals surface area contributed by atoms with Crippen LogP contribution in [0.2, 0.25) is 0 Å². The van der Waals surface area contributed by atoms with Crippen LogP contribution in [0.15, 0.2) is 18.2 Å². The molecule has 4 heteroatoms. The number of rotatable bonds is 5. The number of carbonyl (C=O) groups excluding carboxylic acids is 1. The van der Waals surface area contributed by atoms with Crippen molar-refractivity contribution >= 4 is 23.5 Å². The van der Waals surface area contributed by atoms with E-state index in [1.807, 2.05) is 32.9 Å². The van der Waals surface area contributed by atoms with Gasteiger partial charge >= 0.3 is 6.03 Å². The predicted octanol–water partition coefficient (Wildman–Crippen LogP) is 3.57. The Morgan fingerprint density at radius 3 is 2.72 bits per heavy atom. The number of urea groups is 1. The van der Waals surface area contributed by atoms with Crippen LogP contribution in [0.25, 0.3) is 0 Å². The van der Waals surface area contributed by atoms with Crippen LogP contribution < -0.4 is 10.6 Å². The highest BCUT2D eigenvalue weighted by atomic mass is 32.2. The Morgan fingerprint density at radius 2 is 2.11 bits per heavy atom. The zero-order chi connectivity index (χ0) is 13.5. The molecule has 0 spiro atoms. The van der Waals surface area contributed by atoms with Crippen LogP contribution in [-0.2, 0) is 0 Å². The molecule has 1 rings (SSSR count). The number of hydrogen-bond donors (Lipinski definition) is 2. The molecule has 0 aliphatic carbocycles. The molecule has 0 heterocycles. The molecule has 2 amide bonds. The molecule has 0 aliphatic rings. The van der Waals surface area contributed by atoms with E-state index in [-0.39, 0.29) is 12.1 Å². The summed E-state index contributed by atoms with van der Waals surface area (Å²) in [6, 6.07) is 6.07. The summed E-state index contributed by atoms with van der Waals surface area (Å²) in [6.45, 7) is 6.07. The van der Waals surface area contributed by atoms with Gasteiger partial charge in [-0.25, -0.2) is 4.79 Å². The summed E-state index contributed by atoms with van der Waals surface area (Å²) in [7, 11) is 0. The molecule has 0 aliphatic heterocycles. The molecule has 0 bridgehead atoms. The third kappa shape index (κ3) is 5.00. The summed E-state index contributed by atoms with van der Waals surface area (Å²) in [4.78, 5) is 11.8. The first-order valence-electron chi connectivity index (χ1n) is 6.16. The fourth-order valence-corrected chi connectivity index (χ4v) is 2.29. The van der Waals surface area contributed by atoms with Gasteiger partial charge in [-0.1, -0.05) is 17.7 Å². The highest BCUT2D eigenvalue weighted by molar-refractivity contribution is 7.98. The van der Waals surface area contributed by atoms with Crippen LogP contribution in [0.5, 0.6) is 0 Å². The summed E-state index contributed by atoms with van der Waals surface area (Å²) < 4.78 is 0. The van der Waals surface area contributed by atoms with E-state index >= 15 is 0 Å². The van der Waals surface area contributed by atoms with Crippen molar-refractivity contribution in [3.8, 4) is 0 Å². The van der Waals surface area contributed by atoms with Gasteiger partial charge in [-0.2, -0.15) is 11.8 Å². The molecule has 0 unspecified atom stereocenters. The SMILES string of the molecule is CSCC[C@H](C)NC(=O)Nc1ccc(C)cc1C. The number of nitrogens with one attached hydrogen (secondary N) is 2. The lowest BCUT2D eigenvalue weighted by Gasteiger charge is -2.15. The highest BCUT2D eigenvalue weighted by Gasteiger charge is 2.08. The minimum absolute atomic E-state index is 0.129. The van der Waals surface area contributed by atoms with Gasteiger partial charge in [-0.3, -0.25) is 0 Å². The van der Waals surface area contributed by atoms with Crippen LogP contribution in [0.4, 0.5) is 10.5 Å². The Morgan fingerprint density at radius 1 is 1.39 bits per heavy atom. The second kappa shape index (κ2) is 7.31. The number of amides is 2. The molecule has 0 radical (unpaired) electrons. The number of hydrogen-bond acceptors (Lipinski definition) is 2. The van der Waals surface area contributed by atoms with Crippen LogP contribution in [-0.4, -0.2) is 24.1 Å². The topological polar surface area (TPSA) is 41.1 Å². The molecule has 2 N–H and O–H groups in total. The van der Waals surface area contributed by atoms with Crippen molar-refractivity contribution in [3.63, 3.8) is 0 Å². The normalized spacial score (nSPS) is 12.0. The Balaban J connectivity index is 2.49. The molecule has 18 heavy (non-hydrogen) atoms. The first kappa shape index (κ1) is 14.9. The van der Waals surface area contributed by atoms with Gasteiger partial charge in [0.15, 0.2) is 0 Å². The summed E-state index contributed by atoms with van der Waals surface area (Å²) in [5.41, 5.74) is 3.16. The van der Waals surface area contributed by atoms with Gasteiger partial charge in [0.25, 0.3) is 0 Å². The third-order valence-corrected chi connectivity index (χ3v) is 3.41. The van der Waals surface area contributed by atoms with E-state index in [0.29, 0.717) is 0 Å². The molecule has 0 aromatic heterocycles. The average Bonchev–Trinajstić information content (AvgIpc) is 2.30. The number of benzene rings is 1. The van der Waals surface area contributed by atoms with E-state index in [4.69, 9.17) is 0 Å². The van der Waals surface area contributed by atoms with Crippen molar-refractivity contribution in [2.24, 2.45) is 0 Å². The minimum atomic E-state index is -0.129. The van der Waals surface area contributed by atoms with Crippen molar-refractivity contribution < 1.29 is 4.79 Å². The molecule has 0 saturated carbocycles. The summed E-state index contributed by atoms with van der Waals surface area (Å²) in [6.07, 6.45) is 3.06. The van der Waals surface area contributed by atoms with Crippen LogP contribution in [0.3, 0.4) is 0 Å². The molecule has 0 saturated heterocycles. The second-order valence-corrected chi connectivity index (χ2v) is 5.58. The zero-order valence-corrected chi connectivity index (χ0v) is 12.4. The Labute approximate surface area is 114 Å². The monoisotopic (exact) mass is 266 g/mol. The quantitative estimate of drug-likeness (QED) is 0.855. The maximum Gasteiger partial charge on any atom is 0.319 e. The van der Waals surface area contributed by atoms with Gasteiger partial charge in [0, 0.05) is 11.7 Å². The van der Waals surface area contributed by atoms with Gasteiger partial charge in [0.2, 0.25) is 0 Å². The summed E-state index contributed by atoms with van der Waals surface area (Å²) >= 11 is 1.79. The third-order valence-electron chi connectivity index (χ3n) is 2.76. The molecular weight excluding hydrogens is 244 g/mol. The summed E-state index contributed by atoms with van der Waals surface area (Å²) in [5, 5.41) is 5.83. The van der Waals surface area contributed by atoms with E-state index in [9.17, 15) is 4.79 Å². The summed E-state index contributed by atoms with van der Waals surface area (Å²) in [5.74, 6) is 1.06. The van der Waals surface area contributed by atoms with Crippen molar-refractivity contribution in [1.29, 1.82) is 0 Å². The molecular formula is C14H22N2OS.